The molecule has 110 valence electrons. The number of nitro groups is 1. The average Bonchev–Trinajstić information content (AvgIpc) is 2.45. The van der Waals surface area contributed by atoms with Crippen molar-refractivity contribution in [2.24, 2.45) is 0 Å². The summed E-state index contributed by atoms with van der Waals surface area (Å²) in [6, 6.07) is 10.9. The molecule has 21 heavy (non-hydrogen) atoms. The molecule has 6 nitrogen and oxygen atoms in total. The largest absolute Gasteiger partial charge is 0.380 e. The van der Waals surface area contributed by atoms with Crippen molar-refractivity contribution >= 4 is 17.1 Å². The molecule has 0 atom stereocenters. The third-order valence-electron chi connectivity index (χ3n) is 2.99. The van der Waals surface area contributed by atoms with Crippen LogP contribution in [-0.2, 0) is 6.54 Å². The van der Waals surface area contributed by atoms with E-state index in [1.807, 2.05) is 32.0 Å². The van der Waals surface area contributed by atoms with Crippen LogP contribution < -0.4 is 10.6 Å². The molecule has 0 aliphatic heterocycles. The van der Waals surface area contributed by atoms with E-state index < -0.39 is 0 Å². The summed E-state index contributed by atoms with van der Waals surface area (Å²) in [6.07, 6.45) is 0. The quantitative estimate of drug-likeness (QED) is 0.629. The van der Waals surface area contributed by atoms with Crippen molar-refractivity contribution in [2.45, 2.75) is 20.4 Å². The Morgan fingerprint density at radius 2 is 1.81 bits per heavy atom. The lowest BCUT2D eigenvalue weighted by Crippen LogP contribution is -2.07. The third-order valence-corrected chi connectivity index (χ3v) is 2.99. The number of nitro benzene ring substituents is 1. The minimum atomic E-state index is -0.371. The zero-order valence-corrected chi connectivity index (χ0v) is 12.1. The SMILES string of the molecule is CCNc1cccc(NCc2cccc(C)n2)c1[N+](=O)[O-]. The number of para-hydroxylation sites is 1. The predicted molar refractivity (Wildman–Crippen MR) is 83.6 cm³/mol. The molecule has 0 fully saturated rings. The van der Waals surface area contributed by atoms with Gasteiger partial charge in [0.05, 0.1) is 17.2 Å². The molecule has 0 aliphatic rings. The molecular weight excluding hydrogens is 268 g/mol. The van der Waals surface area contributed by atoms with E-state index in [2.05, 4.69) is 15.6 Å². The number of nitrogens with one attached hydrogen (secondary N) is 2. The Balaban J connectivity index is 2.23. The zero-order valence-electron chi connectivity index (χ0n) is 12.1. The monoisotopic (exact) mass is 286 g/mol. The molecule has 2 N–H and O–H groups in total. The summed E-state index contributed by atoms with van der Waals surface area (Å²) in [5.41, 5.74) is 2.84. The predicted octanol–water partition coefficient (Wildman–Crippen LogP) is 3.34. The molecule has 0 unspecified atom stereocenters. The normalized spacial score (nSPS) is 10.2. The lowest BCUT2D eigenvalue weighted by Gasteiger charge is -2.10. The number of aromatic nitrogens is 1. The zero-order chi connectivity index (χ0) is 15.2. The van der Waals surface area contributed by atoms with Crippen LogP contribution in [0.5, 0.6) is 0 Å². The summed E-state index contributed by atoms with van der Waals surface area (Å²) in [5, 5.41) is 17.4. The van der Waals surface area contributed by atoms with Gasteiger partial charge in [-0.2, -0.15) is 0 Å². The molecule has 0 bridgehead atoms. The Bertz CT molecular complexity index is 643. The fourth-order valence-electron chi connectivity index (χ4n) is 2.10. The van der Waals surface area contributed by atoms with E-state index in [1.54, 1.807) is 18.2 Å². The minimum absolute atomic E-state index is 0.0620. The van der Waals surface area contributed by atoms with Crippen LogP contribution in [0.3, 0.4) is 0 Å². The first-order chi connectivity index (χ1) is 10.1. The van der Waals surface area contributed by atoms with Gasteiger partial charge in [0.2, 0.25) is 0 Å². The summed E-state index contributed by atoms with van der Waals surface area (Å²) in [6.45, 7) is 4.89. The molecule has 6 heteroatoms. The summed E-state index contributed by atoms with van der Waals surface area (Å²) in [5.74, 6) is 0. The van der Waals surface area contributed by atoms with Crippen molar-refractivity contribution in [3.63, 3.8) is 0 Å². The number of rotatable bonds is 6. The van der Waals surface area contributed by atoms with E-state index in [-0.39, 0.29) is 10.6 Å². The maximum atomic E-state index is 11.3. The fraction of sp³-hybridized carbons (Fsp3) is 0.267. The standard InChI is InChI=1S/C15H18N4O2/c1-3-16-13-8-5-9-14(15(13)19(20)21)17-10-12-7-4-6-11(2)18-12/h4-9,16-17H,3,10H2,1-2H3. The first kappa shape index (κ1) is 14.8. The summed E-state index contributed by atoms with van der Waals surface area (Å²) in [4.78, 5) is 15.3. The molecule has 1 aromatic heterocycles. The van der Waals surface area contributed by atoms with Gasteiger partial charge in [-0.15, -0.1) is 0 Å². The number of pyridine rings is 1. The third kappa shape index (κ3) is 3.68. The fourth-order valence-corrected chi connectivity index (χ4v) is 2.10. The van der Waals surface area contributed by atoms with Crippen LogP contribution in [0.15, 0.2) is 36.4 Å². The lowest BCUT2D eigenvalue weighted by atomic mass is 10.2. The molecule has 0 amide bonds. The second-order valence-corrected chi connectivity index (χ2v) is 4.61. The molecule has 0 spiro atoms. The summed E-state index contributed by atoms with van der Waals surface area (Å²) in [7, 11) is 0. The van der Waals surface area contributed by atoms with Crippen LogP contribution in [0.2, 0.25) is 0 Å². The van der Waals surface area contributed by atoms with E-state index in [9.17, 15) is 10.1 Å². The van der Waals surface area contributed by atoms with Crippen LogP contribution >= 0.6 is 0 Å². The molecule has 0 saturated carbocycles. The van der Waals surface area contributed by atoms with Gasteiger partial charge in [-0.25, -0.2) is 0 Å². The Hall–Kier alpha value is -2.63. The van der Waals surface area contributed by atoms with Crippen molar-refractivity contribution in [1.29, 1.82) is 0 Å². The number of aryl methyl sites for hydroxylation is 1. The lowest BCUT2D eigenvalue weighted by molar-refractivity contribution is -0.383. The van der Waals surface area contributed by atoms with Gasteiger partial charge in [0.15, 0.2) is 0 Å². The number of nitrogens with zero attached hydrogens (tertiary/aromatic N) is 2. The second kappa shape index (κ2) is 6.69. The molecule has 2 aromatic rings. The van der Waals surface area contributed by atoms with Gasteiger partial charge in [0, 0.05) is 12.2 Å². The topological polar surface area (TPSA) is 80.1 Å². The van der Waals surface area contributed by atoms with Gasteiger partial charge in [0.25, 0.3) is 0 Å². The first-order valence-electron chi connectivity index (χ1n) is 6.79. The highest BCUT2D eigenvalue weighted by molar-refractivity contribution is 5.76. The maximum Gasteiger partial charge on any atom is 0.315 e. The van der Waals surface area contributed by atoms with Crippen LogP contribution in [0.4, 0.5) is 17.1 Å². The van der Waals surface area contributed by atoms with Crippen LogP contribution in [0.25, 0.3) is 0 Å². The second-order valence-electron chi connectivity index (χ2n) is 4.61. The van der Waals surface area contributed by atoms with Crippen molar-refractivity contribution in [1.82, 2.24) is 4.98 Å². The van der Waals surface area contributed by atoms with Gasteiger partial charge in [0.1, 0.15) is 11.4 Å². The minimum Gasteiger partial charge on any atom is -0.380 e. The van der Waals surface area contributed by atoms with Gasteiger partial charge in [-0.05, 0) is 38.1 Å². The van der Waals surface area contributed by atoms with Crippen LogP contribution in [-0.4, -0.2) is 16.5 Å². The number of hydrogen-bond donors (Lipinski definition) is 2. The molecule has 0 saturated heterocycles. The van der Waals surface area contributed by atoms with Crippen molar-refractivity contribution in [3.05, 3.63) is 57.9 Å². The van der Waals surface area contributed by atoms with Crippen LogP contribution in [0.1, 0.15) is 18.3 Å². The average molecular weight is 286 g/mol. The number of benzene rings is 1. The van der Waals surface area contributed by atoms with Gasteiger partial charge < -0.3 is 10.6 Å². The van der Waals surface area contributed by atoms with Gasteiger partial charge in [-0.3, -0.25) is 15.1 Å². The Kier molecular flexibility index (Phi) is 4.71. The summed E-state index contributed by atoms with van der Waals surface area (Å²) < 4.78 is 0. The Morgan fingerprint density at radius 3 is 2.43 bits per heavy atom. The smallest absolute Gasteiger partial charge is 0.315 e. The molecule has 0 aliphatic carbocycles. The number of anilines is 2. The van der Waals surface area contributed by atoms with Crippen molar-refractivity contribution < 1.29 is 4.92 Å². The van der Waals surface area contributed by atoms with E-state index in [1.165, 1.54) is 0 Å². The highest BCUT2D eigenvalue weighted by atomic mass is 16.6. The summed E-state index contributed by atoms with van der Waals surface area (Å²) >= 11 is 0. The number of hydrogen-bond acceptors (Lipinski definition) is 5. The van der Waals surface area contributed by atoms with Crippen molar-refractivity contribution in [2.75, 3.05) is 17.2 Å². The van der Waals surface area contributed by atoms with Gasteiger partial charge in [-0.1, -0.05) is 12.1 Å². The first-order valence-corrected chi connectivity index (χ1v) is 6.79. The van der Waals surface area contributed by atoms with Gasteiger partial charge >= 0.3 is 5.69 Å². The molecular formula is C15H18N4O2. The molecule has 0 radical (unpaired) electrons. The Morgan fingerprint density at radius 1 is 1.14 bits per heavy atom. The van der Waals surface area contributed by atoms with E-state index >= 15 is 0 Å². The maximum absolute atomic E-state index is 11.3. The van der Waals surface area contributed by atoms with Crippen LogP contribution in [0, 0.1) is 17.0 Å². The Labute approximate surface area is 123 Å². The van der Waals surface area contributed by atoms with E-state index in [0.717, 1.165) is 11.4 Å². The van der Waals surface area contributed by atoms with Crippen molar-refractivity contribution in [3.8, 4) is 0 Å². The van der Waals surface area contributed by atoms with E-state index in [0.29, 0.717) is 24.5 Å². The van der Waals surface area contributed by atoms with E-state index in [4.69, 9.17) is 0 Å². The molecule has 2 rings (SSSR count). The molecule has 1 aromatic carbocycles. The highest BCUT2D eigenvalue weighted by Gasteiger charge is 2.18. The molecule has 1 heterocycles. The highest BCUT2D eigenvalue weighted by Crippen LogP contribution is 2.32.